The van der Waals surface area contributed by atoms with Gasteiger partial charge in [-0.05, 0) is 19.8 Å². The molecular weight excluding hydrogens is 226 g/mol. The van der Waals surface area contributed by atoms with E-state index in [0.29, 0.717) is 12.5 Å². The molecular formula is C13H19N5. The maximum Gasteiger partial charge on any atom is 0.157 e. The summed E-state index contributed by atoms with van der Waals surface area (Å²) in [5.74, 6) is 1.61. The fourth-order valence-electron chi connectivity index (χ4n) is 2.35. The van der Waals surface area contributed by atoms with Crippen molar-refractivity contribution in [2.75, 3.05) is 18.4 Å². The Kier molecular flexibility index (Phi) is 2.91. The fraction of sp³-hybridized carbons (Fsp3) is 0.538. The molecule has 0 bridgehead atoms. The average Bonchev–Trinajstić information content (AvgIpc) is 2.66. The smallest absolute Gasteiger partial charge is 0.157 e. The zero-order valence-electron chi connectivity index (χ0n) is 10.7. The van der Waals surface area contributed by atoms with Crippen LogP contribution in [0.3, 0.4) is 0 Å². The van der Waals surface area contributed by atoms with Gasteiger partial charge >= 0.3 is 0 Å². The molecule has 3 N–H and O–H groups in total. The average molecular weight is 245 g/mol. The van der Waals surface area contributed by atoms with E-state index >= 15 is 0 Å². The first-order chi connectivity index (χ1) is 8.78. The van der Waals surface area contributed by atoms with E-state index in [2.05, 4.69) is 21.5 Å². The van der Waals surface area contributed by atoms with Crippen LogP contribution in [0.2, 0.25) is 0 Å². The molecule has 0 aliphatic heterocycles. The van der Waals surface area contributed by atoms with Crippen molar-refractivity contribution in [3.63, 3.8) is 0 Å². The first-order valence-corrected chi connectivity index (χ1v) is 6.59. The molecule has 1 aliphatic rings. The van der Waals surface area contributed by atoms with Gasteiger partial charge in [-0.25, -0.2) is 4.98 Å². The summed E-state index contributed by atoms with van der Waals surface area (Å²) in [5.41, 5.74) is 8.64. The molecule has 5 nitrogen and oxygen atoms in total. The van der Waals surface area contributed by atoms with Crippen LogP contribution in [0.15, 0.2) is 12.1 Å². The predicted octanol–water partition coefficient (Wildman–Crippen LogP) is 1.68. The molecule has 2 aromatic heterocycles. The first-order valence-electron chi connectivity index (χ1n) is 6.59. The van der Waals surface area contributed by atoms with E-state index in [1.54, 1.807) is 0 Å². The molecule has 0 unspecified atom stereocenters. The van der Waals surface area contributed by atoms with E-state index < -0.39 is 0 Å². The van der Waals surface area contributed by atoms with E-state index in [-0.39, 0.29) is 0 Å². The van der Waals surface area contributed by atoms with Gasteiger partial charge in [0.05, 0.1) is 5.69 Å². The number of fused-ring (bicyclic) bond motifs is 1. The molecule has 1 aliphatic carbocycles. The van der Waals surface area contributed by atoms with Crippen molar-refractivity contribution in [2.45, 2.75) is 32.1 Å². The minimum Gasteiger partial charge on any atom is -0.369 e. The van der Waals surface area contributed by atoms with Crippen molar-refractivity contribution in [1.29, 1.82) is 0 Å². The minimum absolute atomic E-state index is 0.611. The van der Waals surface area contributed by atoms with Crippen molar-refractivity contribution in [3.05, 3.63) is 23.5 Å². The molecule has 2 aromatic rings. The van der Waals surface area contributed by atoms with Gasteiger partial charge in [0, 0.05) is 36.8 Å². The third-order valence-electron chi connectivity index (χ3n) is 3.55. The molecule has 18 heavy (non-hydrogen) atoms. The van der Waals surface area contributed by atoms with E-state index in [0.717, 1.165) is 23.7 Å². The second kappa shape index (κ2) is 4.57. The van der Waals surface area contributed by atoms with E-state index in [9.17, 15) is 0 Å². The third kappa shape index (κ3) is 1.95. The highest BCUT2D eigenvalue weighted by Crippen LogP contribution is 2.36. The fourth-order valence-corrected chi connectivity index (χ4v) is 2.35. The van der Waals surface area contributed by atoms with Crippen LogP contribution in [0, 0.1) is 6.92 Å². The highest BCUT2D eigenvalue weighted by atomic mass is 15.3. The molecule has 1 fully saturated rings. The van der Waals surface area contributed by atoms with Crippen LogP contribution in [0.4, 0.5) is 5.82 Å². The van der Waals surface area contributed by atoms with Crippen molar-refractivity contribution in [1.82, 2.24) is 14.6 Å². The normalized spacial score (nSPS) is 15.9. The number of aryl methyl sites for hydroxylation is 1. The lowest BCUT2D eigenvalue weighted by Gasteiger charge is -2.22. The summed E-state index contributed by atoms with van der Waals surface area (Å²) in [4.78, 5) is 4.54. The first kappa shape index (κ1) is 11.5. The predicted molar refractivity (Wildman–Crippen MR) is 71.9 cm³/mol. The molecule has 1 saturated carbocycles. The molecule has 0 aromatic carbocycles. The quantitative estimate of drug-likeness (QED) is 0.860. The van der Waals surface area contributed by atoms with Gasteiger partial charge < -0.3 is 11.1 Å². The zero-order valence-corrected chi connectivity index (χ0v) is 10.7. The molecule has 0 atom stereocenters. The Morgan fingerprint density at radius 2 is 2.28 bits per heavy atom. The largest absolute Gasteiger partial charge is 0.369 e. The molecule has 0 amide bonds. The second-order valence-corrected chi connectivity index (χ2v) is 4.97. The molecule has 3 rings (SSSR count). The van der Waals surface area contributed by atoms with Crippen LogP contribution in [-0.2, 0) is 0 Å². The van der Waals surface area contributed by atoms with E-state index in [1.807, 2.05) is 17.5 Å². The Balaban J connectivity index is 2.01. The van der Waals surface area contributed by atoms with Gasteiger partial charge in [-0.15, -0.1) is 0 Å². The van der Waals surface area contributed by atoms with Crippen molar-refractivity contribution >= 4 is 11.5 Å². The van der Waals surface area contributed by atoms with Gasteiger partial charge in [0.25, 0.3) is 0 Å². The van der Waals surface area contributed by atoms with Gasteiger partial charge in [0.15, 0.2) is 5.65 Å². The number of hydrogen-bond donors (Lipinski definition) is 2. The van der Waals surface area contributed by atoms with Gasteiger partial charge in [0.2, 0.25) is 0 Å². The summed E-state index contributed by atoms with van der Waals surface area (Å²) in [7, 11) is 0. The summed E-state index contributed by atoms with van der Waals surface area (Å²) < 4.78 is 1.90. The van der Waals surface area contributed by atoms with Gasteiger partial charge in [-0.2, -0.15) is 9.61 Å². The second-order valence-electron chi connectivity index (χ2n) is 4.97. The molecule has 5 heteroatoms. The van der Waals surface area contributed by atoms with Crippen LogP contribution in [0.1, 0.15) is 36.6 Å². The highest BCUT2D eigenvalue weighted by molar-refractivity contribution is 5.51. The van der Waals surface area contributed by atoms with Crippen LogP contribution in [0.5, 0.6) is 0 Å². The molecule has 0 spiro atoms. The van der Waals surface area contributed by atoms with E-state index in [4.69, 9.17) is 5.73 Å². The highest BCUT2D eigenvalue weighted by Gasteiger charge is 2.23. The lowest BCUT2D eigenvalue weighted by molar-refractivity contribution is 0.410. The van der Waals surface area contributed by atoms with Crippen LogP contribution >= 0.6 is 0 Å². The number of aromatic nitrogens is 3. The molecule has 0 saturated heterocycles. The lowest BCUT2D eigenvalue weighted by atomic mass is 9.83. The van der Waals surface area contributed by atoms with Gasteiger partial charge in [0.1, 0.15) is 5.82 Å². The maximum absolute atomic E-state index is 5.53. The lowest BCUT2D eigenvalue weighted by Crippen LogP contribution is -2.16. The van der Waals surface area contributed by atoms with Crippen molar-refractivity contribution in [2.24, 2.45) is 5.73 Å². The van der Waals surface area contributed by atoms with Gasteiger partial charge in [-0.3, -0.25) is 0 Å². The third-order valence-corrected chi connectivity index (χ3v) is 3.55. The number of nitrogens with zero attached hydrogens (tertiary/aromatic N) is 3. The molecule has 0 radical (unpaired) electrons. The Morgan fingerprint density at radius 3 is 2.94 bits per heavy atom. The number of anilines is 1. The number of nitrogens with two attached hydrogens (primary N) is 1. The van der Waals surface area contributed by atoms with Crippen molar-refractivity contribution in [3.8, 4) is 0 Å². The summed E-state index contributed by atoms with van der Waals surface area (Å²) in [5, 5.41) is 7.98. The Labute approximate surface area is 106 Å². The SMILES string of the molecule is Cc1cc(NCCN)n2nc(C3CCC3)cc2n1. The Morgan fingerprint density at radius 1 is 1.44 bits per heavy atom. The Hall–Kier alpha value is -1.62. The van der Waals surface area contributed by atoms with E-state index in [1.165, 1.54) is 25.0 Å². The summed E-state index contributed by atoms with van der Waals surface area (Å²) in [6.45, 7) is 3.36. The van der Waals surface area contributed by atoms with Crippen LogP contribution in [-0.4, -0.2) is 27.7 Å². The Bertz CT molecular complexity index is 556. The minimum atomic E-state index is 0.611. The monoisotopic (exact) mass is 245 g/mol. The van der Waals surface area contributed by atoms with Gasteiger partial charge in [-0.1, -0.05) is 6.42 Å². The van der Waals surface area contributed by atoms with Crippen LogP contribution in [0.25, 0.3) is 5.65 Å². The summed E-state index contributed by atoms with van der Waals surface area (Å²) in [6, 6.07) is 4.13. The molecule has 96 valence electrons. The summed E-state index contributed by atoms with van der Waals surface area (Å²) >= 11 is 0. The number of hydrogen-bond acceptors (Lipinski definition) is 4. The standard InChI is InChI=1S/C13H19N5/c1-9-7-12(15-6-5-14)18-13(16-9)8-11(17-18)10-3-2-4-10/h7-8,10,15H,2-6,14H2,1H3. The number of rotatable bonds is 4. The van der Waals surface area contributed by atoms with Crippen LogP contribution < -0.4 is 11.1 Å². The molecule has 2 heterocycles. The van der Waals surface area contributed by atoms with Crippen molar-refractivity contribution < 1.29 is 0 Å². The topological polar surface area (TPSA) is 68.2 Å². The zero-order chi connectivity index (χ0) is 12.5. The number of nitrogens with one attached hydrogen (secondary N) is 1. The maximum atomic E-state index is 5.53. The summed E-state index contributed by atoms with van der Waals surface area (Å²) in [6.07, 6.45) is 3.84.